The topological polar surface area (TPSA) is 78.1 Å². The monoisotopic (exact) mass is 234 g/mol. The Labute approximate surface area is 98.0 Å². The fourth-order valence-electron chi connectivity index (χ4n) is 2.80. The van der Waals surface area contributed by atoms with Crippen LogP contribution in [0.3, 0.4) is 0 Å². The fourth-order valence-corrected chi connectivity index (χ4v) is 2.80. The van der Waals surface area contributed by atoms with Crippen molar-refractivity contribution in [1.82, 2.24) is 15.5 Å². The Morgan fingerprint density at radius 3 is 3.12 bits per heavy atom. The number of piperidine rings is 1. The number of H-pyrrole nitrogens is 1. The summed E-state index contributed by atoms with van der Waals surface area (Å²) < 4.78 is 0. The van der Waals surface area contributed by atoms with Gasteiger partial charge in [0.2, 0.25) is 5.91 Å². The number of hydrogen-bond acceptors (Lipinski definition) is 4. The quantitative estimate of drug-likeness (QED) is 0.685. The average Bonchev–Trinajstić information content (AvgIpc) is 2.71. The van der Waals surface area contributed by atoms with Crippen molar-refractivity contribution >= 4 is 11.6 Å². The second-order valence-corrected chi connectivity index (χ2v) is 4.56. The van der Waals surface area contributed by atoms with E-state index in [9.17, 15) is 9.59 Å². The first kappa shape index (κ1) is 10.3. The Morgan fingerprint density at radius 2 is 2.29 bits per heavy atom. The van der Waals surface area contributed by atoms with E-state index in [0.717, 1.165) is 25.1 Å². The normalized spacial score (nSPS) is 27.8. The van der Waals surface area contributed by atoms with Crippen LogP contribution in [0.15, 0.2) is 17.1 Å². The molecule has 1 amide bonds. The van der Waals surface area contributed by atoms with E-state index in [4.69, 9.17) is 0 Å². The lowest BCUT2D eigenvalue weighted by Gasteiger charge is -2.37. The largest absolute Gasteiger partial charge is 0.365 e. The van der Waals surface area contributed by atoms with Crippen molar-refractivity contribution < 1.29 is 4.79 Å². The van der Waals surface area contributed by atoms with Gasteiger partial charge in [-0.3, -0.25) is 9.59 Å². The molecule has 3 heterocycles. The first-order chi connectivity index (χ1) is 8.25. The molecule has 90 valence electrons. The molecule has 2 aliphatic heterocycles. The van der Waals surface area contributed by atoms with Gasteiger partial charge in [-0.1, -0.05) is 0 Å². The van der Waals surface area contributed by atoms with Crippen LogP contribution in [-0.4, -0.2) is 35.2 Å². The Kier molecular flexibility index (Phi) is 2.35. The summed E-state index contributed by atoms with van der Waals surface area (Å²) in [6, 6.07) is 1.71. The summed E-state index contributed by atoms with van der Waals surface area (Å²) >= 11 is 0. The fraction of sp³-hybridized carbons (Fsp3) is 0.545. The minimum atomic E-state index is -0.207. The standard InChI is InChI=1S/C11H14N4O2/c16-10-4-7(5-13-14-10)15-3-1-2-8-9(15)6-12-11(8)17/h4-5,8-9H,1-3,6H2,(H,12,17)(H,14,16). The predicted octanol–water partition coefficient (Wildman–Crippen LogP) is -0.515. The van der Waals surface area contributed by atoms with E-state index in [1.807, 2.05) is 0 Å². The number of nitrogens with zero attached hydrogens (tertiary/aromatic N) is 2. The molecule has 2 N–H and O–H groups in total. The summed E-state index contributed by atoms with van der Waals surface area (Å²) in [5.41, 5.74) is 0.599. The minimum absolute atomic E-state index is 0.0584. The summed E-state index contributed by atoms with van der Waals surface area (Å²) in [4.78, 5) is 25.0. The molecule has 6 nitrogen and oxygen atoms in total. The third kappa shape index (κ3) is 1.69. The highest BCUT2D eigenvalue weighted by Gasteiger charge is 2.40. The van der Waals surface area contributed by atoms with Gasteiger partial charge in [0.15, 0.2) is 0 Å². The van der Waals surface area contributed by atoms with Crippen LogP contribution in [0.4, 0.5) is 5.69 Å². The van der Waals surface area contributed by atoms with Gasteiger partial charge in [-0.15, -0.1) is 0 Å². The highest BCUT2D eigenvalue weighted by Crippen LogP contribution is 2.30. The van der Waals surface area contributed by atoms with Crippen molar-refractivity contribution in [3.63, 3.8) is 0 Å². The third-order valence-electron chi connectivity index (χ3n) is 3.58. The molecule has 2 atom stereocenters. The smallest absolute Gasteiger partial charge is 0.266 e. The van der Waals surface area contributed by atoms with Gasteiger partial charge in [-0.25, -0.2) is 5.10 Å². The summed E-state index contributed by atoms with van der Waals surface area (Å²) in [5.74, 6) is 0.195. The van der Waals surface area contributed by atoms with E-state index in [1.165, 1.54) is 6.07 Å². The number of carbonyl (C=O) groups excluding carboxylic acids is 1. The van der Waals surface area contributed by atoms with Gasteiger partial charge < -0.3 is 10.2 Å². The van der Waals surface area contributed by atoms with Crippen LogP contribution in [0, 0.1) is 5.92 Å². The average molecular weight is 234 g/mol. The van der Waals surface area contributed by atoms with Crippen LogP contribution in [0.5, 0.6) is 0 Å². The SMILES string of the molecule is O=C1NCC2C1CCCN2c1cn[nH]c(=O)c1. The molecule has 0 bridgehead atoms. The first-order valence-corrected chi connectivity index (χ1v) is 5.85. The van der Waals surface area contributed by atoms with Gasteiger partial charge in [0, 0.05) is 19.2 Å². The summed E-state index contributed by atoms with van der Waals surface area (Å²) in [6.45, 7) is 1.54. The van der Waals surface area contributed by atoms with Gasteiger partial charge in [0.1, 0.15) is 0 Å². The molecule has 17 heavy (non-hydrogen) atoms. The lowest BCUT2D eigenvalue weighted by atomic mass is 9.91. The molecular weight excluding hydrogens is 220 g/mol. The number of fused-ring (bicyclic) bond motifs is 1. The highest BCUT2D eigenvalue weighted by atomic mass is 16.2. The van der Waals surface area contributed by atoms with Crippen molar-refractivity contribution in [2.45, 2.75) is 18.9 Å². The zero-order chi connectivity index (χ0) is 11.8. The van der Waals surface area contributed by atoms with Gasteiger partial charge in [0.25, 0.3) is 5.56 Å². The molecule has 2 saturated heterocycles. The summed E-state index contributed by atoms with van der Waals surface area (Å²) in [5, 5.41) is 9.06. The molecule has 1 aromatic heterocycles. The lowest BCUT2D eigenvalue weighted by molar-refractivity contribution is -0.122. The van der Waals surface area contributed by atoms with Crippen molar-refractivity contribution in [3.8, 4) is 0 Å². The van der Waals surface area contributed by atoms with Gasteiger partial charge in [0.05, 0.1) is 23.8 Å². The predicted molar refractivity (Wildman–Crippen MR) is 61.7 cm³/mol. The Bertz CT molecular complexity index is 498. The molecule has 6 heteroatoms. The molecule has 0 aliphatic carbocycles. The molecule has 0 radical (unpaired) electrons. The summed E-state index contributed by atoms with van der Waals surface area (Å²) in [6.07, 6.45) is 3.55. The van der Waals surface area contributed by atoms with Crippen LogP contribution >= 0.6 is 0 Å². The Morgan fingerprint density at radius 1 is 1.41 bits per heavy atom. The van der Waals surface area contributed by atoms with Crippen LogP contribution in [0.25, 0.3) is 0 Å². The maximum Gasteiger partial charge on any atom is 0.266 e. The van der Waals surface area contributed by atoms with Gasteiger partial charge in [-0.2, -0.15) is 5.10 Å². The highest BCUT2D eigenvalue weighted by molar-refractivity contribution is 5.83. The number of hydrogen-bond donors (Lipinski definition) is 2. The first-order valence-electron chi connectivity index (χ1n) is 5.85. The molecular formula is C11H14N4O2. The lowest BCUT2D eigenvalue weighted by Crippen LogP contribution is -2.46. The molecule has 0 aromatic carbocycles. The van der Waals surface area contributed by atoms with E-state index < -0.39 is 0 Å². The maximum atomic E-state index is 11.6. The van der Waals surface area contributed by atoms with E-state index in [0.29, 0.717) is 6.54 Å². The molecule has 0 saturated carbocycles. The molecule has 1 aromatic rings. The number of nitrogens with one attached hydrogen (secondary N) is 2. The number of rotatable bonds is 1. The molecule has 2 fully saturated rings. The minimum Gasteiger partial charge on any atom is -0.365 e. The third-order valence-corrected chi connectivity index (χ3v) is 3.58. The number of carbonyl (C=O) groups is 1. The maximum absolute atomic E-state index is 11.6. The second kappa shape index (κ2) is 3.87. The number of aromatic amines is 1. The molecule has 2 aliphatic rings. The van der Waals surface area contributed by atoms with E-state index in [2.05, 4.69) is 20.4 Å². The second-order valence-electron chi connectivity index (χ2n) is 4.56. The molecule has 2 unspecified atom stereocenters. The summed E-state index contributed by atoms with van der Waals surface area (Å²) in [7, 11) is 0. The van der Waals surface area contributed by atoms with Crippen molar-refractivity contribution in [1.29, 1.82) is 0 Å². The number of aromatic nitrogens is 2. The van der Waals surface area contributed by atoms with Crippen LogP contribution in [-0.2, 0) is 4.79 Å². The number of amides is 1. The molecule has 3 rings (SSSR count). The van der Waals surface area contributed by atoms with Crippen LogP contribution < -0.4 is 15.8 Å². The van der Waals surface area contributed by atoms with E-state index in [1.54, 1.807) is 6.20 Å². The number of anilines is 1. The Balaban J connectivity index is 1.92. The van der Waals surface area contributed by atoms with E-state index in [-0.39, 0.29) is 23.4 Å². The Hall–Kier alpha value is -1.85. The molecule has 0 spiro atoms. The zero-order valence-electron chi connectivity index (χ0n) is 9.35. The van der Waals surface area contributed by atoms with E-state index >= 15 is 0 Å². The van der Waals surface area contributed by atoms with Gasteiger partial charge in [-0.05, 0) is 12.8 Å². The van der Waals surface area contributed by atoms with Crippen LogP contribution in [0.2, 0.25) is 0 Å². The van der Waals surface area contributed by atoms with Crippen molar-refractivity contribution in [2.75, 3.05) is 18.0 Å². The van der Waals surface area contributed by atoms with Crippen LogP contribution in [0.1, 0.15) is 12.8 Å². The van der Waals surface area contributed by atoms with Gasteiger partial charge >= 0.3 is 0 Å². The van der Waals surface area contributed by atoms with Crippen molar-refractivity contribution in [2.24, 2.45) is 5.92 Å². The zero-order valence-corrected chi connectivity index (χ0v) is 9.35. The van der Waals surface area contributed by atoms with Crippen molar-refractivity contribution in [3.05, 3.63) is 22.6 Å².